The number of benzene rings is 2. The van der Waals surface area contributed by atoms with E-state index in [1.54, 1.807) is 37.3 Å². The molecule has 28 heavy (non-hydrogen) atoms. The molecule has 3 rings (SSSR count). The molecule has 0 aliphatic carbocycles. The minimum atomic E-state index is -0.981. The van der Waals surface area contributed by atoms with Gasteiger partial charge in [-0.3, -0.25) is 25.1 Å². The van der Waals surface area contributed by atoms with Crippen LogP contribution in [0.2, 0.25) is 0 Å². The number of nitrogens with one attached hydrogen (secondary N) is 2. The lowest BCUT2D eigenvalue weighted by Crippen LogP contribution is -2.29. The fraction of sp³-hybridized carbons (Fsp3) is 0.211. The van der Waals surface area contributed by atoms with E-state index in [1.807, 2.05) is 6.07 Å². The van der Waals surface area contributed by atoms with E-state index in [-0.39, 0.29) is 23.7 Å². The molecule has 2 aromatic rings. The molecule has 1 aliphatic heterocycles. The van der Waals surface area contributed by atoms with Crippen molar-refractivity contribution in [2.45, 2.75) is 13.0 Å². The molecule has 9 nitrogen and oxygen atoms in total. The minimum absolute atomic E-state index is 0.0922. The van der Waals surface area contributed by atoms with E-state index >= 15 is 0 Å². The van der Waals surface area contributed by atoms with Gasteiger partial charge in [0.25, 0.3) is 11.6 Å². The summed E-state index contributed by atoms with van der Waals surface area (Å²) < 4.78 is 5.12. The molecule has 144 valence electrons. The monoisotopic (exact) mass is 382 g/mol. The molecule has 0 radical (unpaired) electrons. The van der Waals surface area contributed by atoms with Gasteiger partial charge in [0.1, 0.15) is 17.3 Å². The molecule has 1 amide bonds. The van der Waals surface area contributed by atoms with Crippen LogP contribution in [0.15, 0.2) is 59.7 Å². The first kappa shape index (κ1) is 19.0. The first-order valence-electron chi connectivity index (χ1n) is 8.62. The van der Waals surface area contributed by atoms with Crippen molar-refractivity contribution in [2.75, 3.05) is 12.0 Å². The number of ether oxygens (including phenoxy) is 1. The number of nitro groups is 1. The molecular formula is C19H18N4O5. The van der Waals surface area contributed by atoms with Crippen molar-refractivity contribution >= 4 is 29.0 Å². The average molecular weight is 382 g/mol. The van der Waals surface area contributed by atoms with Gasteiger partial charge in [-0.15, -0.1) is 0 Å². The van der Waals surface area contributed by atoms with E-state index in [2.05, 4.69) is 15.8 Å². The Morgan fingerprint density at radius 2 is 1.89 bits per heavy atom. The number of anilines is 1. The predicted octanol–water partition coefficient (Wildman–Crippen LogP) is 2.41. The highest BCUT2D eigenvalue weighted by Gasteiger charge is 2.45. The largest absolute Gasteiger partial charge is 0.465 e. The van der Waals surface area contributed by atoms with Gasteiger partial charge >= 0.3 is 5.97 Å². The average Bonchev–Trinajstić information content (AvgIpc) is 3.03. The van der Waals surface area contributed by atoms with E-state index in [9.17, 15) is 19.7 Å². The number of hydrogen-bond acceptors (Lipinski definition) is 7. The van der Waals surface area contributed by atoms with Crippen molar-refractivity contribution < 1.29 is 19.2 Å². The van der Waals surface area contributed by atoms with Gasteiger partial charge in [0.15, 0.2) is 0 Å². The van der Waals surface area contributed by atoms with Gasteiger partial charge < -0.3 is 10.1 Å². The van der Waals surface area contributed by atoms with Crippen LogP contribution in [0.1, 0.15) is 18.5 Å². The summed E-state index contributed by atoms with van der Waals surface area (Å²) in [6.07, 6.45) is 0. The van der Waals surface area contributed by atoms with E-state index < -0.39 is 28.8 Å². The van der Waals surface area contributed by atoms with Crippen LogP contribution in [0.4, 0.5) is 11.4 Å². The summed E-state index contributed by atoms with van der Waals surface area (Å²) in [7, 11) is 0. The quantitative estimate of drug-likeness (QED) is 0.449. The molecular weight excluding hydrogens is 364 g/mol. The highest BCUT2D eigenvalue weighted by atomic mass is 16.6. The number of nitro benzene ring substituents is 1. The van der Waals surface area contributed by atoms with Gasteiger partial charge in [-0.1, -0.05) is 42.5 Å². The third kappa shape index (κ3) is 3.83. The molecule has 0 spiro atoms. The molecule has 1 fully saturated rings. The van der Waals surface area contributed by atoms with Crippen molar-refractivity contribution in [3.05, 3.63) is 70.3 Å². The normalized spacial score (nSPS) is 19.9. The zero-order chi connectivity index (χ0) is 20.1. The summed E-state index contributed by atoms with van der Waals surface area (Å²) >= 11 is 0. The number of esters is 1. The second kappa shape index (κ2) is 8.30. The van der Waals surface area contributed by atoms with Crippen molar-refractivity contribution in [3.8, 4) is 0 Å². The van der Waals surface area contributed by atoms with E-state index in [0.717, 1.165) is 5.56 Å². The molecule has 2 N–H and O–H groups in total. The van der Waals surface area contributed by atoms with Crippen molar-refractivity contribution in [2.24, 2.45) is 11.0 Å². The van der Waals surface area contributed by atoms with Crippen LogP contribution < -0.4 is 10.7 Å². The van der Waals surface area contributed by atoms with Gasteiger partial charge in [0, 0.05) is 6.07 Å². The summed E-state index contributed by atoms with van der Waals surface area (Å²) in [5.74, 6) is -2.12. The fourth-order valence-electron chi connectivity index (χ4n) is 2.98. The molecule has 1 heterocycles. The Bertz CT molecular complexity index is 929. The number of hydrazone groups is 1. The van der Waals surface area contributed by atoms with E-state index in [4.69, 9.17) is 4.74 Å². The van der Waals surface area contributed by atoms with Gasteiger partial charge in [-0.25, -0.2) is 0 Å². The summed E-state index contributed by atoms with van der Waals surface area (Å²) in [4.78, 5) is 35.6. The lowest BCUT2D eigenvalue weighted by atomic mass is 9.93. The molecule has 2 atom stereocenters. The Balaban J connectivity index is 1.96. The molecule has 9 heteroatoms. The summed E-state index contributed by atoms with van der Waals surface area (Å²) in [5.41, 5.74) is 3.09. The summed E-state index contributed by atoms with van der Waals surface area (Å²) in [5, 5.41) is 17.9. The second-order valence-electron chi connectivity index (χ2n) is 5.97. The highest BCUT2D eigenvalue weighted by molar-refractivity contribution is 6.45. The lowest BCUT2D eigenvalue weighted by molar-refractivity contribution is -0.384. The maximum absolute atomic E-state index is 12.5. The Morgan fingerprint density at radius 1 is 1.21 bits per heavy atom. The Hall–Kier alpha value is -3.75. The number of nitrogens with zero attached hydrogens (tertiary/aromatic N) is 2. The van der Waals surface area contributed by atoms with Crippen LogP contribution >= 0.6 is 0 Å². The van der Waals surface area contributed by atoms with Gasteiger partial charge in [0.2, 0.25) is 0 Å². The minimum Gasteiger partial charge on any atom is -0.465 e. The third-order valence-corrected chi connectivity index (χ3v) is 4.24. The second-order valence-corrected chi connectivity index (χ2v) is 5.97. The third-order valence-electron chi connectivity index (χ3n) is 4.24. The zero-order valence-electron chi connectivity index (χ0n) is 15.0. The highest BCUT2D eigenvalue weighted by Crippen LogP contribution is 2.31. The lowest BCUT2D eigenvalue weighted by Gasteiger charge is -2.17. The van der Waals surface area contributed by atoms with Crippen molar-refractivity contribution in [1.82, 2.24) is 5.32 Å². The number of amides is 1. The van der Waals surface area contributed by atoms with Crippen molar-refractivity contribution in [3.63, 3.8) is 0 Å². The number of rotatable bonds is 6. The van der Waals surface area contributed by atoms with E-state index in [0.29, 0.717) is 0 Å². The van der Waals surface area contributed by atoms with Crippen molar-refractivity contribution in [1.29, 1.82) is 0 Å². The first-order chi connectivity index (χ1) is 13.5. The SMILES string of the molecule is CCOC(=O)C1C(=NNc2ccccc2[N+](=O)[O-])C(=O)NC1c1ccccc1. The molecule has 2 aromatic carbocycles. The number of carbonyl (C=O) groups excluding carboxylic acids is 2. The van der Waals surface area contributed by atoms with Crippen LogP contribution in [0.25, 0.3) is 0 Å². The maximum atomic E-state index is 12.5. The Labute approximate surface area is 160 Å². The number of para-hydroxylation sites is 2. The number of hydrogen-bond donors (Lipinski definition) is 2. The standard InChI is InChI=1S/C19H18N4O5/c1-2-28-19(25)15-16(12-8-4-3-5-9-12)20-18(24)17(15)22-21-13-10-6-7-11-14(13)23(26)27/h3-11,15-16,21H,2H2,1H3,(H,20,24). The molecule has 0 bridgehead atoms. The van der Waals surface area contributed by atoms with Crippen LogP contribution in [-0.2, 0) is 14.3 Å². The molecule has 2 unspecified atom stereocenters. The summed E-state index contributed by atoms with van der Waals surface area (Å²) in [6.45, 7) is 1.82. The summed E-state index contributed by atoms with van der Waals surface area (Å²) in [6, 6.07) is 14.2. The van der Waals surface area contributed by atoms with E-state index in [1.165, 1.54) is 18.2 Å². The van der Waals surface area contributed by atoms with Gasteiger partial charge in [-0.05, 0) is 18.6 Å². The first-order valence-corrected chi connectivity index (χ1v) is 8.62. The predicted molar refractivity (Wildman–Crippen MR) is 102 cm³/mol. The topological polar surface area (TPSA) is 123 Å². The zero-order valence-corrected chi connectivity index (χ0v) is 15.0. The number of carbonyl (C=O) groups is 2. The van der Waals surface area contributed by atoms with Crippen LogP contribution in [0, 0.1) is 16.0 Å². The van der Waals surface area contributed by atoms with Gasteiger partial charge in [-0.2, -0.15) is 5.10 Å². The molecule has 1 aliphatic rings. The maximum Gasteiger partial charge on any atom is 0.317 e. The van der Waals surface area contributed by atoms with Crippen LogP contribution in [-0.4, -0.2) is 29.1 Å². The molecule has 0 aromatic heterocycles. The smallest absolute Gasteiger partial charge is 0.317 e. The Kier molecular flexibility index (Phi) is 5.64. The van der Waals surface area contributed by atoms with Crippen LogP contribution in [0.3, 0.4) is 0 Å². The molecule has 0 saturated carbocycles. The van der Waals surface area contributed by atoms with Gasteiger partial charge in [0.05, 0.1) is 17.6 Å². The Morgan fingerprint density at radius 3 is 2.57 bits per heavy atom. The molecule has 1 saturated heterocycles. The van der Waals surface area contributed by atoms with Crippen LogP contribution in [0.5, 0.6) is 0 Å². The fourth-order valence-corrected chi connectivity index (χ4v) is 2.98.